The van der Waals surface area contributed by atoms with Gasteiger partial charge in [-0.25, -0.2) is 12.4 Å². The molecule has 0 aliphatic carbocycles. The number of rotatable bonds is 7. The van der Waals surface area contributed by atoms with Crippen LogP contribution in [0.1, 0.15) is 16.1 Å². The van der Waals surface area contributed by atoms with Gasteiger partial charge in [0.2, 0.25) is 5.78 Å². The Balaban J connectivity index is 2.09. The number of fused-ring (bicyclic) bond motifs is 1. The van der Waals surface area contributed by atoms with Crippen molar-refractivity contribution in [2.75, 3.05) is 21.3 Å². The number of ether oxygens (including phenoxy) is 3. The molecule has 0 bridgehead atoms. The van der Waals surface area contributed by atoms with Crippen molar-refractivity contribution in [3.63, 3.8) is 0 Å². The zero-order chi connectivity index (χ0) is 22.9. The highest BCUT2D eigenvalue weighted by molar-refractivity contribution is 7.90. The third kappa shape index (κ3) is 3.48. The third-order valence-electron chi connectivity index (χ3n) is 5.13. The molecule has 0 aliphatic rings. The fourth-order valence-electron chi connectivity index (χ4n) is 3.59. The molecule has 0 aliphatic heterocycles. The summed E-state index contributed by atoms with van der Waals surface area (Å²) in [6.45, 7) is 0. The van der Waals surface area contributed by atoms with Crippen LogP contribution in [0.5, 0.6) is 17.2 Å². The lowest BCUT2D eigenvalue weighted by atomic mass is 10.1. The molecule has 7 nitrogen and oxygen atoms in total. The zero-order valence-electron chi connectivity index (χ0n) is 17.7. The maximum atomic E-state index is 13.7. The van der Waals surface area contributed by atoms with Crippen LogP contribution in [0.4, 0.5) is 0 Å². The molecule has 164 valence electrons. The Hall–Kier alpha value is -3.78. The number of nitrogens with zero attached hydrogens (tertiary/aromatic N) is 1. The van der Waals surface area contributed by atoms with Crippen LogP contribution in [0.3, 0.4) is 0 Å². The van der Waals surface area contributed by atoms with Crippen LogP contribution < -0.4 is 14.2 Å². The van der Waals surface area contributed by atoms with Gasteiger partial charge in [0, 0.05) is 10.9 Å². The second-order valence-corrected chi connectivity index (χ2v) is 8.69. The number of hydrogen-bond acceptors (Lipinski definition) is 6. The predicted molar refractivity (Wildman–Crippen MR) is 120 cm³/mol. The minimum Gasteiger partial charge on any atom is -0.497 e. The molecule has 1 heterocycles. The van der Waals surface area contributed by atoms with Gasteiger partial charge < -0.3 is 14.2 Å². The van der Waals surface area contributed by atoms with Gasteiger partial charge in [-0.2, -0.15) is 0 Å². The van der Waals surface area contributed by atoms with E-state index in [0.29, 0.717) is 22.6 Å². The number of benzene rings is 3. The van der Waals surface area contributed by atoms with Gasteiger partial charge in [-0.15, -0.1) is 0 Å². The predicted octanol–water partition coefficient (Wildman–Crippen LogP) is 4.14. The summed E-state index contributed by atoms with van der Waals surface area (Å²) in [5.41, 5.74) is 0.469. The molecular weight excluding hydrogens is 430 g/mol. The topological polar surface area (TPSA) is 83.8 Å². The monoisotopic (exact) mass is 451 g/mol. The van der Waals surface area contributed by atoms with Gasteiger partial charge in [0.1, 0.15) is 28.5 Å². The zero-order valence-corrected chi connectivity index (χ0v) is 18.5. The van der Waals surface area contributed by atoms with Crippen molar-refractivity contribution in [3.05, 3.63) is 84.1 Å². The van der Waals surface area contributed by atoms with E-state index in [1.807, 2.05) is 0 Å². The summed E-state index contributed by atoms with van der Waals surface area (Å²) in [7, 11) is 0.268. The SMILES string of the molecule is COc1cccc(C(=O)c2cc3c(OC)ccc(OC)c3n2S(=O)(=O)c2ccccc2)c1. The van der Waals surface area contributed by atoms with Crippen LogP contribution in [-0.2, 0) is 10.0 Å². The Morgan fingerprint density at radius 1 is 0.781 bits per heavy atom. The summed E-state index contributed by atoms with van der Waals surface area (Å²) in [5.74, 6) is 0.718. The number of carbonyl (C=O) groups is 1. The first kappa shape index (κ1) is 21.5. The Bertz CT molecular complexity index is 1410. The highest BCUT2D eigenvalue weighted by Gasteiger charge is 2.30. The summed E-state index contributed by atoms with van der Waals surface area (Å²) in [5, 5.41) is 0.442. The molecule has 4 rings (SSSR count). The summed E-state index contributed by atoms with van der Waals surface area (Å²) >= 11 is 0. The van der Waals surface area contributed by atoms with Crippen LogP contribution in [0.25, 0.3) is 10.9 Å². The Kier molecular flexibility index (Phi) is 5.63. The minimum absolute atomic E-state index is 0.0418. The van der Waals surface area contributed by atoms with Crippen LogP contribution >= 0.6 is 0 Å². The first-order valence-corrected chi connectivity index (χ1v) is 11.1. The van der Waals surface area contributed by atoms with Crippen molar-refractivity contribution in [1.82, 2.24) is 3.97 Å². The summed E-state index contributed by atoms with van der Waals surface area (Å²) in [6, 6.07) is 19.3. The average molecular weight is 452 g/mol. The van der Waals surface area contributed by atoms with E-state index in [0.717, 1.165) is 3.97 Å². The van der Waals surface area contributed by atoms with Gasteiger partial charge in [-0.05, 0) is 42.5 Å². The molecule has 0 saturated heterocycles. The number of methoxy groups -OCH3 is 3. The van der Waals surface area contributed by atoms with E-state index in [-0.39, 0.29) is 21.7 Å². The lowest BCUT2D eigenvalue weighted by Gasteiger charge is -2.14. The van der Waals surface area contributed by atoms with Gasteiger partial charge in [0.15, 0.2) is 0 Å². The Morgan fingerprint density at radius 2 is 1.47 bits per heavy atom. The number of hydrogen-bond donors (Lipinski definition) is 0. The first-order chi connectivity index (χ1) is 15.4. The van der Waals surface area contributed by atoms with Crippen molar-refractivity contribution in [1.29, 1.82) is 0 Å². The molecular formula is C24H21NO6S. The number of ketones is 1. The maximum Gasteiger partial charge on any atom is 0.268 e. The van der Waals surface area contributed by atoms with Crippen LogP contribution in [0.15, 0.2) is 77.7 Å². The second-order valence-electron chi connectivity index (χ2n) is 6.91. The van der Waals surface area contributed by atoms with E-state index in [1.54, 1.807) is 54.6 Å². The fraction of sp³-hybridized carbons (Fsp3) is 0.125. The molecule has 0 atom stereocenters. The van der Waals surface area contributed by atoms with Crippen LogP contribution in [0, 0.1) is 0 Å². The summed E-state index contributed by atoms with van der Waals surface area (Å²) in [4.78, 5) is 13.6. The highest BCUT2D eigenvalue weighted by Crippen LogP contribution is 2.38. The minimum atomic E-state index is -4.15. The van der Waals surface area contributed by atoms with Crippen LogP contribution in [-0.4, -0.2) is 39.5 Å². The molecule has 0 unspecified atom stereocenters. The number of aromatic nitrogens is 1. The molecule has 32 heavy (non-hydrogen) atoms. The van der Waals surface area contributed by atoms with Gasteiger partial charge in [0.25, 0.3) is 10.0 Å². The average Bonchev–Trinajstić information content (AvgIpc) is 3.25. The first-order valence-electron chi connectivity index (χ1n) is 9.68. The third-order valence-corrected chi connectivity index (χ3v) is 6.86. The van der Waals surface area contributed by atoms with Crippen molar-refractivity contribution < 1.29 is 27.4 Å². The highest BCUT2D eigenvalue weighted by atomic mass is 32.2. The lowest BCUT2D eigenvalue weighted by molar-refractivity contribution is 0.103. The largest absolute Gasteiger partial charge is 0.497 e. The quantitative estimate of drug-likeness (QED) is 0.393. The molecule has 1 aromatic heterocycles. The normalized spacial score (nSPS) is 11.3. The summed E-state index contributed by atoms with van der Waals surface area (Å²) in [6.07, 6.45) is 0. The van der Waals surface area contributed by atoms with Gasteiger partial charge in [-0.3, -0.25) is 4.79 Å². The van der Waals surface area contributed by atoms with Gasteiger partial charge >= 0.3 is 0 Å². The van der Waals surface area contributed by atoms with E-state index in [4.69, 9.17) is 14.2 Å². The molecule has 0 N–H and O–H groups in total. The lowest BCUT2D eigenvalue weighted by Crippen LogP contribution is -2.19. The van der Waals surface area contributed by atoms with Crippen molar-refractivity contribution in [2.24, 2.45) is 0 Å². The Morgan fingerprint density at radius 3 is 2.12 bits per heavy atom. The molecule has 4 aromatic rings. The second kappa shape index (κ2) is 8.39. The molecule has 0 saturated carbocycles. The van der Waals surface area contributed by atoms with E-state index in [1.165, 1.54) is 39.5 Å². The van der Waals surface area contributed by atoms with E-state index in [9.17, 15) is 13.2 Å². The van der Waals surface area contributed by atoms with Crippen molar-refractivity contribution >= 4 is 26.7 Å². The number of carbonyl (C=O) groups excluding carboxylic acids is 1. The molecule has 0 amide bonds. The molecule has 0 radical (unpaired) electrons. The van der Waals surface area contributed by atoms with Crippen molar-refractivity contribution in [3.8, 4) is 17.2 Å². The standard InChI is InChI=1S/C24H21NO6S/c1-29-17-9-7-8-16(14-17)24(26)20-15-19-21(30-2)12-13-22(31-3)23(19)25(20)32(27,28)18-10-5-4-6-11-18/h4-15H,1-3H3. The smallest absolute Gasteiger partial charge is 0.268 e. The fourth-order valence-corrected chi connectivity index (χ4v) is 5.13. The van der Waals surface area contributed by atoms with Crippen molar-refractivity contribution in [2.45, 2.75) is 4.90 Å². The van der Waals surface area contributed by atoms with E-state index in [2.05, 4.69) is 0 Å². The summed E-state index contributed by atoms with van der Waals surface area (Å²) < 4.78 is 44.6. The molecule has 0 fully saturated rings. The van der Waals surface area contributed by atoms with E-state index < -0.39 is 15.8 Å². The Labute approximate surface area is 185 Å². The van der Waals surface area contributed by atoms with E-state index >= 15 is 0 Å². The molecule has 0 spiro atoms. The van der Waals surface area contributed by atoms with Gasteiger partial charge in [-0.1, -0.05) is 30.3 Å². The van der Waals surface area contributed by atoms with Crippen LogP contribution in [0.2, 0.25) is 0 Å². The maximum absolute atomic E-state index is 13.7. The van der Waals surface area contributed by atoms with Gasteiger partial charge in [0.05, 0.1) is 26.2 Å². The molecule has 8 heteroatoms. The molecule has 3 aromatic carbocycles.